The Morgan fingerprint density at radius 2 is 1.88 bits per heavy atom. The highest BCUT2D eigenvalue weighted by atomic mass is 19.1. The lowest BCUT2D eigenvalue weighted by molar-refractivity contribution is -0.133. The number of benzene rings is 2. The summed E-state index contributed by atoms with van der Waals surface area (Å²) in [6, 6.07) is 15.7. The van der Waals surface area contributed by atoms with Gasteiger partial charge in [0.15, 0.2) is 0 Å². The number of halogens is 1. The SMILES string of the molecule is CN(C)C1CCN(c2ccc(NC(=O)C3CN(Cc4ccccc4)CCO3)cc2F)CC1. The molecule has 1 amide bonds. The summed E-state index contributed by atoms with van der Waals surface area (Å²) in [5.41, 5.74) is 2.27. The molecule has 4 rings (SSSR count). The second kappa shape index (κ2) is 10.4. The van der Waals surface area contributed by atoms with Crippen LogP contribution in [0, 0.1) is 5.82 Å². The Morgan fingerprint density at radius 3 is 2.56 bits per heavy atom. The van der Waals surface area contributed by atoms with Crippen molar-refractivity contribution in [2.24, 2.45) is 0 Å². The van der Waals surface area contributed by atoms with Gasteiger partial charge in [0.25, 0.3) is 5.91 Å². The summed E-state index contributed by atoms with van der Waals surface area (Å²) in [6.07, 6.45) is 1.47. The summed E-state index contributed by atoms with van der Waals surface area (Å²) < 4.78 is 20.5. The van der Waals surface area contributed by atoms with E-state index in [1.54, 1.807) is 12.1 Å². The Balaban J connectivity index is 1.32. The second-order valence-electron chi connectivity index (χ2n) is 8.92. The maximum Gasteiger partial charge on any atom is 0.254 e. The minimum Gasteiger partial charge on any atom is -0.369 e. The van der Waals surface area contributed by atoms with Crippen LogP contribution in [0.3, 0.4) is 0 Å². The van der Waals surface area contributed by atoms with Crippen molar-refractivity contribution in [1.29, 1.82) is 0 Å². The van der Waals surface area contributed by atoms with Crippen LogP contribution in [0.15, 0.2) is 48.5 Å². The van der Waals surface area contributed by atoms with E-state index in [1.165, 1.54) is 11.6 Å². The number of nitrogens with zero attached hydrogens (tertiary/aromatic N) is 3. The fourth-order valence-corrected chi connectivity index (χ4v) is 4.53. The van der Waals surface area contributed by atoms with E-state index >= 15 is 0 Å². The zero-order valence-corrected chi connectivity index (χ0v) is 19.0. The van der Waals surface area contributed by atoms with E-state index in [0.29, 0.717) is 30.6 Å². The molecule has 172 valence electrons. The molecule has 1 N–H and O–H groups in total. The van der Waals surface area contributed by atoms with Crippen molar-refractivity contribution in [3.8, 4) is 0 Å². The summed E-state index contributed by atoms with van der Waals surface area (Å²) in [4.78, 5) is 19.3. The van der Waals surface area contributed by atoms with E-state index in [4.69, 9.17) is 4.74 Å². The van der Waals surface area contributed by atoms with Gasteiger partial charge in [-0.1, -0.05) is 30.3 Å². The fraction of sp³-hybridized carbons (Fsp3) is 0.480. The van der Waals surface area contributed by atoms with Gasteiger partial charge in [0.1, 0.15) is 11.9 Å². The zero-order chi connectivity index (χ0) is 22.5. The molecule has 2 aromatic rings. The third kappa shape index (κ3) is 5.65. The number of amides is 1. The summed E-state index contributed by atoms with van der Waals surface area (Å²) in [5.74, 6) is -0.539. The minimum atomic E-state index is -0.569. The van der Waals surface area contributed by atoms with Crippen molar-refractivity contribution in [1.82, 2.24) is 9.80 Å². The number of carbonyl (C=O) groups is 1. The fourth-order valence-electron chi connectivity index (χ4n) is 4.53. The first-order valence-corrected chi connectivity index (χ1v) is 11.4. The lowest BCUT2D eigenvalue weighted by Crippen LogP contribution is -2.47. The van der Waals surface area contributed by atoms with Crippen molar-refractivity contribution in [3.05, 3.63) is 59.9 Å². The van der Waals surface area contributed by atoms with Gasteiger partial charge >= 0.3 is 0 Å². The predicted octanol–water partition coefficient (Wildman–Crippen LogP) is 3.20. The van der Waals surface area contributed by atoms with Crippen LogP contribution in [-0.2, 0) is 16.1 Å². The highest BCUT2D eigenvalue weighted by Gasteiger charge is 2.27. The molecule has 2 fully saturated rings. The Labute approximate surface area is 189 Å². The first kappa shape index (κ1) is 22.7. The van der Waals surface area contributed by atoms with Crippen molar-refractivity contribution in [2.75, 3.05) is 57.1 Å². The number of anilines is 2. The lowest BCUT2D eigenvalue weighted by Gasteiger charge is -2.36. The zero-order valence-electron chi connectivity index (χ0n) is 19.0. The highest BCUT2D eigenvalue weighted by Crippen LogP contribution is 2.27. The number of rotatable bonds is 6. The van der Waals surface area contributed by atoms with E-state index in [2.05, 4.69) is 46.2 Å². The maximum atomic E-state index is 14.8. The van der Waals surface area contributed by atoms with Crippen LogP contribution in [0.4, 0.5) is 15.8 Å². The first-order valence-electron chi connectivity index (χ1n) is 11.4. The quantitative estimate of drug-likeness (QED) is 0.748. The van der Waals surface area contributed by atoms with Crippen molar-refractivity contribution < 1.29 is 13.9 Å². The first-order chi connectivity index (χ1) is 15.5. The number of nitrogens with one attached hydrogen (secondary N) is 1. The maximum absolute atomic E-state index is 14.8. The van der Waals surface area contributed by atoms with Crippen LogP contribution in [-0.4, -0.2) is 74.7 Å². The van der Waals surface area contributed by atoms with Gasteiger partial charge in [-0.05, 0) is 50.7 Å². The molecular weight excluding hydrogens is 407 g/mol. The third-order valence-electron chi connectivity index (χ3n) is 6.44. The van der Waals surface area contributed by atoms with Crippen molar-refractivity contribution in [3.63, 3.8) is 0 Å². The smallest absolute Gasteiger partial charge is 0.254 e. The third-order valence-corrected chi connectivity index (χ3v) is 6.44. The molecule has 7 heteroatoms. The van der Waals surface area contributed by atoms with Gasteiger partial charge in [-0.3, -0.25) is 9.69 Å². The van der Waals surface area contributed by atoms with E-state index in [0.717, 1.165) is 39.0 Å². The summed E-state index contributed by atoms with van der Waals surface area (Å²) >= 11 is 0. The molecule has 0 spiro atoms. The predicted molar refractivity (Wildman–Crippen MR) is 125 cm³/mol. The van der Waals surface area contributed by atoms with E-state index in [9.17, 15) is 9.18 Å². The monoisotopic (exact) mass is 440 g/mol. The topological polar surface area (TPSA) is 48.0 Å². The second-order valence-corrected chi connectivity index (χ2v) is 8.92. The summed E-state index contributed by atoms with van der Waals surface area (Å²) in [7, 11) is 4.19. The number of hydrogen-bond donors (Lipinski definition) is 1. The Bertz CT molecular complexity index is 900. The van der Waals surface area contributed by atoms with E-state index in [1.807, 2.05) is 18.2 Å². The van der Waals surface area contributed by atoms with Gasteiger partial charge in [-0.2, -0.15) is 0 Å². The Morgan fingerprint density at radius 1 is 1.12 bits per heavy atom. The van der Waals surface area contributed by atoms with Crippen LogP contribution < -0.4 is 10.2 Å². The van der Waals surface area contributed by atoms with Gasteiger partial charge in [-0.25, -0.2) is 4.39 Å². The Kier molecular flexibility index (Phi) is 7.40. The molecule has 0 aromatic heterocycles. The molecular formula is C25H33FN4O2. The number of hydrogen-bond acceptors (Lipinski definition) is 5. The van der Waals surface area contributed by atoms with Gasteiger partial charge in [0.2, 0.25) is 0 Å². The Hall–Kier alpha value is -2.48. The molecule has 0 radical (unpaired) electrons. The van der Waals surface area contributed by atoms with Crippen molar-refractivity contribution >= 4 is 17.3 Å². The molecule has 1 atom stereocenters. The molecule has 2 aliphatic rings. The molecule has 32 heavy (non-hydrogen) atoms. The average molecular weight is 441 g/mol. The lowest BCUT2D eigenvalue weighted by atomic mass is 10.0. The van der Waals surface area contributed by atoms with Crippen LogP contribution >= 0.6 is 0 Å². The molecule has 2 aromatic carbocycles. The highest BCUT2D eigenvalue weighted by molar-refractivity contribution is 5.94. The molecule has 0 bridgehead atoms. The molecule has 0 saturated carbocycles. The van der Waals surface area contributed by atoms with Gasteiger partial charge in [0, 0.05) is 44.5 Å². The standard InChI is InChI=1S/C25H33FN4O2/c1-28(2)21-10-12-30(13-11-21)23-9-8-20(16-22(23)26)27-25(31)24-18-29(14-15-32-24)17-19-6-4-3-5-7-19/h3-9,16,21,24H,10-15,17-18H2,1-2H3,(H,27,31). The number of piperidine rings is 1. The van der Waals surface area contributed by atoms with Crippen LogP contribution in [0.5, 0.6) is 0 Å². The molecule has 0 aliphatic carbocycles. The molecule has 2 aliphatic heterocycles. The van der Waals surface area contributed by atoms with E-state index < -0.39 is 6.10 Å². The minimum absolute atomic E-state index is 0.235. The van der Waals surface area contributed by atoms with Gasteiger partial charge in [0.05, 0.1) is 12.3 Å². The summed E-state index contributed by atoms with van der Waals surface area (Å²) in [6.45, 7) is 4.24. The van der Waals surface area contributed by atoms with Crippen LogP contribution in [0.2, 0.25) is 0 Å². The normalized spacial score (nSPS) is 20.5. The number of ether oxygens (including phenoxy) is 1. The van der Waals surface area contributed by atoms with Gasteiger partial charge < -0.3 is 19.9 Å². The average Bonchev–Trinajstić information content (AvgIpc) is 2.80. The van der Waals surface area contributed by atoms with Crippen LogP contribution in [0.1, 0.15) is 18.4 Å². The number of morpholine rings is 1. The molecule has 1 unspecified atom stereocenters. The van der Waals surface area contributed by atoms with Gasteiger partial charge in [-0.15, -0.1) is 0 Å². The van der Waals surface area contributed by atoms with E-state index in [-0.39, 0.29) is 11.7 Å². The summed E-state index contributed by atoms with van der Waals surface area (Å²) in [5, 5.41) is 2.83. The molecule has 6 nitrogen and oxygen atoms in total. The molecule has 2 saturated heterocycles. The van der Waals surface area contributed by atoms with Crippen LogP contribution in [0.25, 0.3) is 0 Å². The van der Waals surface area contributed by atoms with Crippen molar-refractivity contribution in [2.45, 2.75) is 31.5 Å². The largest absolute Gasteiger partial charge is 0.369 e. The molecule has 2 heterocycles. The number of carbonyl (C=O) groups excluding carboxylic acids is 1.